The Balaban J connectivity index is 2.42. The first-order chi connectivity index (χ1) is 5.43. The molecule has 1 heteroatoms. The summed E-state index contributed by atoms with van der Waals surface area (Å²) in [6, 6.07) is 2.10. The molecule has 0 aliphatic heterocycles. The van der Waals surface area contributed by atoms with Gasteiger partial charge in [0.2, 0.25) is 0 Å². The van der Waals surface area contributed by atoms with Crippen molar-refractivity contribution in [1.82, 2.24) is 4.98 Å². The van der Waals surface area contributed by atoms with Gasteiger partial charge in [-0.2, -0.15) is 0 Å². The van der Waals surface area contributed by atoms with E-state index in [1.54, 1.807) is 0 Å². The molecule has 1 heterocycles. The Morgan fingerprint density at radius 3 is 2.91 bits per heavy atom. The molecule has 1 aromatic rings. The van der Waals surface area contributed by atoms with Crippen molar-refractivity contribution in [3.05, 3.63) is 28.9 Å². The lowest BCUT2D eigenvalue weighted by molar-refractivity contribution is 1.05. The van der Waals surface area contributed by atoms with Crippen molar-refractivity contribution in [2.45, 2.75) is 6.42 Å². The zero-order chi connectivity index (χ0) is 7.26. The van der Waals surface area contributed by atoms with Crippen molar-refractivity contribution in [1.29, 1.82) is 0 Å². The molecule has 2 aliphatic carbocycles. The van der Waals surface area contributed by atoms with Crippen LogP contribution in [-0.4, -0.2) is 4.98 Å². The number of nitrogens with zero attached hydrogens (tertiary/aromatic N) is 1. The molecular formula is C10H9N. The monoisotopic (exact) mass is 143 g/mol. The number of rotatable bonds is 0. The summed E-state index contributed by atoms with van der Waals surface area (Å²) >= 11 is 0. The second-order valence-corrected chi connectivity index (χ2v) is 3.40. The second kappa shape index (κ2) is 1.73. The molecule has 54 valence electrons. The van der Waals surface area contributed by atoms with Crippen molar-refractivity contribution < 1.29 is 0 Å². The first-order valence-electron chi connectivity index (χ1n) is 4.07. The van der Waals surface area contributed by atoms with E-state index in [1.165, 1.54) is 16.9 Å². The maximum absolute atomic E-state index is 4.10. The second-order valence-electron chi connectivity index (χ2n) is 3.40. The summed E-state index contributed by atoms with van der Waals surface area (Å²) in [5, 5.41) is 2.70. The minimum Gasteiger partial charge on any atom is -0.264 e. The normalized spacial score (nSPS) is 30.9. The molecule has 2 unspecified atom stereocenters. The predicted molar refractivity (Wildman–Crippen MR) is 44.0 cm³/mol. The fourth-order valence-electron chi connectivity index (χ4n) is 1.79. The molecule has 2 aliphatic rings. The molecule has 0 N–H and O–H groups in total. The SMILES string of the molecule is C1=c2ccncc2=CC2CC12. The van der Waals surface area contributed by atoms with Gasteiger partial charge >= 0.3 is 0 Å². The van der Waals surface area contributed by atoms with Gasteiger partial charge in [-0.3, -0.25) is 4.98 Å². The highest BCUT2D eigenvalue weighted by molar-refractivity contribution is 5.48. The standard InChI is InChI=1S/C10H9N/c1-2-11-6-10-5-9-4-8(9)3-7(1)10/h1-3,5-6,8-9H,4H2. The van der Waals surface area contributed by atoms with Gasteiger partial charge in [0, 0.05) is 12.4 Å². The molecule has 1 nitrogen and oxygen atoms in total. The Bertz CT molecular complexity index is 366. The van der Waals surface area contributed by atoms with Gasteiger partial charge in [-0.1, -0.05) is 12.2 Å². The molecule has 0 bridgehead atoms. The molecular weight excluding hydrogens is 134 g/mol. The molecule has 0 aromatic carbocycles. The highest BCUT2D eigenvalue weighted by Crippen LogP contribution is 2.41. The Kier molecular flexibility index (Phi) is 0.869. The minimum absolute atomic E-state index is 0.840. The smallest absolute Gasteiger partial charge is 0.0343 e. The highest BCUT2D eigenvalue weighted by Gasteiger charge is 2.34. The maximum atomic E-state index is 4.10. The summed E-state index contributed by atoms with van der Waals surface area (Å²) in [4.78, 5) is 4.10. The van der Waals surface area contributed by atoms with Crippen LogP contribution >= 0.6 is 0 Å². The van der Waals surface area contributed by atoms with Crippen LogP contribution in [0.2, 0.25) is 0 Å². The van der Waals surface area contributed by atoms with Crippen molar-refractivity contribution in [3.63, 3.8) is 0 Å². The molecule has 0 amide bonds. The summed E-state index contributed by atoms with van der Waals surface area (Å²) in [6.45, 7) is 0. The van der Waals surface area contributed by atoms with Crippen LogP contribution in [0.1, 0.15) is 6.42 Å². The van der Waals surface area contributed by atoms with Crippen LogP contribution in [0.3, 0.4) is 0 Å². The zero-order valence-electron chi connectivity index (χ0n) is 6.20. The van der Waals surface area contributed by atoms with E-state index in [0.29, 0.717) is 0 Å². The molecule has 3 rings (SSSR count). The lowest BCUT2D eigenvalue weighted by Crippen LogP contribution is -2.27. The van der Waals surface area contributed by atoms with E-state index in [4.69, 9.17) is 0 Å². The Morgan fingerprint density at radius 1 is 1.18 bits per heavy atom. The Morgan fingerprint density at radius 2 is 2.00 bits per heavy atom. The summed E-state index contributed by atoms with van der Waals surface area (Å²) < 4.78 is 0. The van der Waals surface area contributed by atoms with Crippen molar-refractivity contribution in [2.75, 3.05) is 0 Å². The first kappa shape index (κ1) is 5.53. The number of hydrogen-bond acceptors (Lipinski definition) is 1. The number of pyridine rings is 1. The summed E-state index contributed by atoms with van der Waals surface area (Å²) in [5.41, 5.74) is 0. The lowest BCUT2D eigenvalue weighted by Gasteiger charge is -1.95. The Labute approximate surface area is 65.1 Å². The van der Waals surface area contributed by atoms with E-state index in [9.17, 15) is 0 Å². The zero-order valence-corrected chi connectivity index (χ0v) is 6.20. The Hall–Kier alpha value is -1.11. The first-order valence-corrected chi connectivity index (χ1v) is 4.07. The van der Waals surface area contributed by atoms with Crippen molar-refractivity contribution in [3.8, 4) is 0 Å². The summed E-state index contributed by atoms with van der Waals surface area (Å²) in [5.74, 6) is 1.69. The summed E-state index contributed by atoms with van der Waals surface area (Å²) in [7, 11) is 0. The average Bonchev–Trinajstić information content (AvgIpc) is 2.77. The number of fused-ring (bicyclic) bond motifs is 2. The van der Waals surface area contributed by atoms with Gasteiger partial charge in [0.05, 0.1) is 0 Å². The minimum atomic E-state index is 0.840. The molecule has 11 heavy (non-hydrogen) atoms. The molecule has 0 radical (unpaired) electrons. The van der Waals surface area contributed by atoms with Crippen LogP contribution in [-0.2, 0) is 0 Å². The molecule has 0 spiro atoms. The van der Waals surface area contributed by atoms with Crippen LogP contribution in [0, 0.1) is 11.8 Å². The topological polar surface area (TPSA) is 12.9 Å². The maximum Gasteiger partial charge on any atom is 0.0343 e. The fraction of sp³-hybridized carbons (Fsp3) is 0.300. The van der Waals surface area contributed by atoms with E-state index in [0.717, 1.165) is 11.8 Å². The third kappa shape index (κ3) is 0.739. The van der Waals surface area contributed by atoms with Crippen LogP contribution < -0.4 is 10.4 Å². The molecule has 1 fully saturated rings. The number of hydrogen-bond donors (Lipinski definition) is 0. The van der Waals surface area contributed by atoms with Crippen molar-refractivity contribution >= 4 is 12.2 Å². The lowest BCUT2D eigenvalue weighted by atomic mass is 10.1. The van der Waals surface area contributed by atoms with Crippen LogP contribution in [0.15, 0.2) is 18.5 Å². The van der Waals surface area contributed by atoms with Gasteiger partial charge < -0.3 is 0 Å². The van der Waals surface area contributed by atoms with Gasteiger partial charge in [0.15, 0.2) is 0 Å². The number of aromatic nitrogens is 1. The van der Waals surface area contributed by atoms with E-state index in [1.807, 2.05) is 12.4 Å². The summed E-state index contributed by atoms with van der Waals surface area (Å²) in [6.07, 6.45) is 9.91. The average molecular weight is 143 g/mol. The van der Waals surface area contributed by atoms with Crippen LogP contribution in [0.25, 0.3) is 12.2 Å². The van der Waals surface area contributed by atoms with Gasteiger partial charge in [0.25, 0.3) is 0 Å². The van der Waals surface area contributed by atoms with Crippen LogP contribution in [0.4, 0.5) is 0 Å². The highest BCUT2D eigenvalue weighted by atomic mass is 14.6. The van der Waals surface area contributed by atoms with Gasteiger partial charge in [-0.05, 0) is 34.8 Å². The molecule has 0 saturated heterocycles. The molecule has 2 atom stereocenters. The fourth-order valence-corrected chi connectivity index (χ4v) is 1.79. The molecule has 1 aromatic heterocycles. The third-order valence-corrected chi connectivity index (χ3v) is 2.57. The predicted octanol–water partition coefficient (Wildman–Crippen LogP) is 0.292. The van der Waals surface area contributed by atoms with Gasteiger partial charge in [-0.25, -0.2) is 0 Å². The quantitative estimate of drug-likeness (QED) is 0.509. The third-order valence-electron chi connectivity index (χ3n) is 2.57. The van der Waals surface area contributed by atoms with Crippen molar-refractivity contribution in [2.24, 2.45) is 11.8 Å². The van der Waals surface area contributed by atoms with Gasteiger partial charge in [-0.15, -0.1) is 0 Å². The van der Waals surface area contributed by atoms with Gasteiger partial charge in [0.1, 0.15) is 0 Å². The van der Waals surface area contributed by atoms with E-state index in [2.05, 4.69) is 23.2 Å². The van der Waals surface area contributed by atoms with Crippen LogP contribution in [0.5, 0.6) is 0 Å². The van der Waals surface area contributed by atoms with E-state index in [-0.39, 0.29) is 0 Å². The van der Waals surface area contributed by atoms with E-state index >= 15 is 0 Å². The molecule has 1 saturated carbocycles. The largest absolute Gasteiger partial charge is 0.264 e. The van der Waals surface area contributed by atoms with E-state index < -0.39 is 0 Å².